The van der Waals surface area contributed by atoms with Gasteiger partial charge in [-0.2, -0.15) is 0 Å². The lowest BCUT2D eigenvalue weighted by atomic mass is 9.98. The Morgan fingerprint density at radius 2 is 2.11 bits per heavy atom. The largest absolute Gasteiger partial charge is 0.399 e. The Morgan fingerprint density at radius 3 is 2.74 bits per heavy atom. The minimum Gasteiger partial charge on any atom is -0.399 e. The quantitative estimate of drug-likeness (QED) is 0.845. The topological polar surface area (TPSA) is 55.6 Å². The predicted molar refractivity (Wildman–Crippen MR) is 75.5 cm³/mol. The fourth-order valence-corrected chi connectivity index (χ4v) is 2.59. The molecule has 1 heterocycles. The lowest BCUT2D eigenvalue weighted by Crippen LogP contribution is -2.36. The molecule has 2 unspecified atom stereocenters. The minimum atomic E-state index is 0.0174. The summed E-state index contributed by atoms with van der Waals surface area (Å²) in [7, 11) is 1.85. The molecular formula is C15H22N2O2. The Balaban J connectivity index is 1.97. The van der Waals surface area contributed by atoms with Crippen molar-refractivity contribution in [2.24, 2.45) is 5.92 Å². The van der Waals surface area contributed by atoms with Crippen molar-refractivity contribution < 1.29 is 9.53 Å². The molecule has 2 atom stereocenters. The van der Waals surface area contributed by atoms with Gasteiger partial charge >= 0.3 is 0 Å². The standard InChI is InChI=1S/C15H22N2O2/c1-3-14-13(8-9-19-14)15(18)17(2)10-11-4-6-12(16)7-5-11/h4-7,13-14H,3,8-10,16H2,1-2H3. The molecule has 1 fully saturated rings. The first-order valence-electron chi connectivity index (χ1n) is 6.82. The summed E-state index contributed by atoms with van der Waals surface area (Å²) in [5.41, 5.74) is 7.49. The summed E-state index contributed by atoms with van der Waals surface area (Å²) >= 11 is 0. The van der Waals surface area contributed by atoms with Crippen molar-refractivity contribution in [2.45, 2.75) is 32.4 Å². The van der Waals surface area contributed by atoms with Crippen molar-refractivity contribution >= 4 is 11.6 Å². The number of carbonyl (C=O) groups excluding carboxylic acids is 1. The van der Waals surface area contributed by atoms with E-state index in [1.807, 2.05) is 31.3 Å². The fourth-order valence-electron chi connectivity index (χ4n) is 2.59. The highest BCUT2D eigenvalue weighted by molar-refractivity contribution is 5.79. The SMILES string of the molecule is CCC1OCCC1C(=O)N(C)Cc1ccc(N)cc1. The first-order valence-corrected chi connectivity index (χ1v) is 6.82. The van der Waals surface area contributed by atoms with Gasteiger partial charge in [0.15, 0.2) is 0 Å². The summed E-state index contributed by atoms with van der Waals surface area (Å²) in [5.74, 6) is 0.199. The van der Waals surface area contributed by atoms with Crippen LogP contribution < -0.4 is 5.73 Å². The number of nitrogens with zero attached hydrogens (tertiary/aromatic N) is 1. The van der Waals surface area contributed by atoms with Crippen molar-refractivity contribution in [2.75, 3.05) is 19.4 Å². The molecule has 2 rings (SSSR count). The number of nitrogen functional groups attached to an aromatic ring is 1. The van der Waals surface area contributed by atoms with Crippen LogP contribution in [0.1, 0.15) is 25.3 Å². The highest BCUT2D eigenvalue weighted by Crippen LogP contribution is 2.25. The maximum Gasteiger partial charge on any atom is 0.228 e. The van der Waals surface area contributed by atoms with Gasteiger partial charge in [0, 0.05) is 25.9 Å². The van der Waals surface area contributed by atoms with E-state index in [0.717, 1.165) is 24.1 Å². The van der Waals surface area contributed by atoms with Gasteiger partial charge in [0.2, 0.25) is 5.91 Å². The van der Waals surface area contributed by atoms with E-state index < -0.39 is 0 Å². The zero-order chi connectivity index (χ0) is 13.8. The van der Waals surface area contributed by atoms with Crippen molar-refractivity contribution in [3.63, 3.8) is 0 Å². The van der Waals surface area contributed by atoms with Crippen LogP contribution in [0.2, 0.25) is 0 Å². The molecule has 104 valence electrons. The van der Waals surface area contributed by atoms with Crippen LogP contribution in [-0.2, 0) is 16.1 Å². The number of hydrogen-bond acceptors (Lipinski definition) is 3. The second-order valence-corrected chi connectivity index (χ2v) is 5.15. The van der Waals surface area contributed by atoms with Crippen LogP contribution in [0, 0.1) is 5.92 Å². The third kappa shape index (κ3) is 3.26. The first-order chi connectivity index (χ1) is 9.11. The Morgan fingerprint density at radius 1 is 1.42 bits per heavy atom. The van der Waals surface area contributed by atoms with E-state index in [-0.39, 0.29) is 17.9 Å². The van der Waals surface area contributed by atoms with Crippen LogP contribution in [0.3, 0.4) is 0 Å². The molecule has 19 heavy (non-hydrogen) atoms. The molecule has 1 aliphatic heterocycles. The maximum atomic E-state index is 12.4. The van der Waals surface area contributed by atoms with Gasteiger partial charge in [-0.3, -0.25) is 4.79 Å². The van der Waals surface area contributed by atoms with Crippen molar-refractivity contribution in [3.8, 4) is 0 Å². The number of nitrogens with two attached hydrogens (primary N) is 1. The predicted octanol–water partition coefficient (Wildman–Crippen LogP) is 2.04. The molecule has 0 bridgehead atoms. The number of rotatable bonds is 4. The molecule has 1 aromatic rings. The Bertz CT molecular complexity index is 430. The first kappa shape index (κ1) is 13.9. The summed E-state index contributed by atoms with van der Waals surface area (Å²) in [6.45, 7) is 3.38. The number of benzene rings is 1. The van der Waals surface area contributed by atoms with E-state index in [1.165, 1.54) is 0 Å². The van der Waals surface area contributed by atoms with Gasteiger partial charge in [-0.1, -0.05) is 19.1 Å². The fraction of sp³-hybridized carbons (Fsp3) is 0.533. The van der Waals surface area contributed by atoms with E-state index >= 15 is 0 Å². The summed E-state index contributed by atoms with van der Waals surface area (Å²) in [6.07, 6.45) is 1.82. The van der Waals surface area contributed by atoms with Gasteiger partial charge in [0.25, 0.3) is 0 Å². The van der Waals surface area contributed by atoms with Crippen LogP contribution in [0.25, 0.3) is 0 Å². The minimum absolute atomic E-state index is 0.0174. The second kappa shape index (κ2) is 6.06. The molecule has 1 aliphatic rings. The van der Waals surface area contributed by atoms with Crippen LogP contribution >= 0.6 is 0 Å². The zero-order valence-electron chi connectivity index (χ0n) is 11.6. The zero-order valence-corrected chi connectivity index (χ0v) is 11.6. The summed E-state index contributed by atoms with van der Waals surface area (Å²) in [4.78, 5) is 14.2. The lowest BCUT2D eigenvalue weighted by molar-refractivity contribution is -0.136. The Labute approximate surface area is 114 Å². The molecule has 4 heteroatoms. The molecule has 0 spiro atoms. The smallest absolute Gasteiger partial charge is 0.228 e. The van der Waals surface area contributed by atoms with Gasteiger partial charge < -0.3 is 15.4 Å². The molecule has 0 saturated carbocycles. The molecular weight excluding hydrogens is 240 g/mol. The van der Waals surface area contributed by atoms with E-state index in [9.17, 15) is 4.79 Å². The monoisotopic (exact) mass is 262 g/mol. The molecule has 0 aromatic heterocycles. The average Bonchev–Trinajstić information content (AvgIpc) is 2.88. The van der Waals surface area contributed by atoms with Gasteiger partial charge in [-0.05, 0) is 30.5 Å². The van der Waals surface area contributed by atoms with Crippen molar-refractivity contribution in [1.29, 1.82) is 0 Å². The number of anilines is 1. The normalized spacial score (nSPS) is 22.4. The van der Waals surface area contributed by atoms with E-state index in [0.29, 0.717) is 13.2 Å². The van der Waals surface area contributed by atoms with Gasteiger partial charge in [0.1, 0.15) is 0 Å². The molecule has 1 saturated heterocycles. The summed E-state index contributed by atoms with van der Waals surface area (Å²) < 4.78 is 5.59. The Kier molecular flexibility index (Phi) is 4.43. The third-order valence-corrected chi connectivity index (χ3v) is 3.70. The molecule has 0 aliphatic carbocycles. The Hall–Kier alpha value is -1.55. The number of hydrogen-bond donors (Lipinski definition) is 1. The summed E-state index contributed by atoms with van der Waals surface area (Å²) in [6, 6.07) is 7.64. The third-order valence-electron chi connectivity index (χ3n) is 3.70. The van der Waals surface area contributed by atoms with Crippen molar-refractivity contribution in [3.05, 3.63) is 29.8 Å². The highest BCUT2D eigenvalue weighted by atomic mass is 16.5. The number of carbonyl (C=O) groups is 1. The summed E-state index contributed by atoms with van der Waals surface area (Å²) in [5, 5.41) is 0. The second-order valence-electron chi connectivity index (χ2n) is 5.15. The molecule has 4 nitrogen and oxygen atoms in total. The van der Waals surface area contributed by atoms with Crippen LogP contribution in [0.5, 0.6) is 0 Å². The van der Waals surface area contributed by atoms with Gasteiger partial charge in [-0.25, -0.2) is 0 Å². The maximum absolute atomic E-state index is 12.4. The van der Waals surface area contributed by atoms with Gasteiger partial charge in [0.05, 0.1) is 12.0 Å². The van der Waals surface area contributed by atoms with Crippen molar-refractivity contribution in [1.82, 2.24) is 4.90 Å². The van der Waals surface area contributed by atoms with E-state index in [1.54, 1.807) is 4.90 Å². The highest BCUT2D eigenvalue weighted by Gasteiger charge is 2.34. The number of ether oxygens (including phenoxy) is 1. The molecule has 0 radical (unpaired) electrons. The van der Waals surface area contributed by atoms with Crippen LogP contribution in [0.15, 0.2) is 24.3 Å². The van der Waals surface area contributed by atoms with Crippen LogP contribution in [0.4, 0.5) is 5.69 Å². The van der Waals surface area contributed by atoms with E-state index in [2.05, 4.69) is 6.92 Å². The van der Waals surface area contributed by atoms with E-state index in [4.69, 9.17) is 10.5 Å². The lowest BCUT2D eigenvalue weighted by Gasteiger charge is -2.23. The molecule has 1 amide bonds. The van der Waals surface area contributed by atoms with Gasteiger partial charge in [-0.15, -0.1) is 0 Å². The van der Waals surface area contributed by atoms with Crippen LogP contribution in [-0.4, -0.2) is 30.6 Å². The number of amides is 1. The molecule has 2 N–H and O–H groups in total. The molecule has 1 aromatic carbocycles. The average molecular weight is 262 g/mol.